The SMILES string of the molecule is Cc1cc(C(=O)N(c2cc(C#CC(C)(C)C)sc2C(=O)O)C2CCC(O)CC2)ccc1Cl.Cc1ccc(C(=O)N(c2cc(C#CC(C)(C)C)sc2C(=O)O)C2CCC(O)CC2)c(F)c1.Cc1ccc(C(=O)N(c2cc(C#CC(C)(C)C)sc2C(=O)O)C2CCC(O)CC2)cc1.Cc1ccc(C(=O)N(c2cc(C#CC(C)(C)C)sc2C(=O)O)C2CCC(O)CC2)cc1C. The molecule has 4 aromatic carbocycles. The summed E-state index contributed by atoms with van der Waals surface area (Å²) in [4.78, 5) is 112. The fraction of sp³-hybridized carbons (Fsp3) is 0.446. The molecule has 4 heterocycles. The number of aliphatic hydroxyl groups excluding tert-OH is 4. The fourth-order valence-electron chi connectivity index (χ4n) is 14.9. The molecule has 0 bridgehead atoms. The number of benzene rings is 4. The minimum atomic E-state index is -1.16. The number of rotatable bonds is 16. The number of aryl methyl sites for hydroxylation is 5. The minimum absolute atomic E-state index is 0.00444. The highest BCUT2D eigenvalue weighted by molar-refractivity contribution is 7.16. The van der Waals surface area contributed by atoms with Gasteiger partial charge in [-0.2, -0.15) is 0 Å². The highest BCUT2D eigenvalue weighted by Gasteiger charge is 2.40. The molecule has 0 spiro atoms. The Hall–Kier alpha value is -10.3. The van der Waals surface area contributed by atoms with Crippen molar-refractivity contribution in [3.8, 4) is 47.4 Å². The van der Waals surface area contributed by atoms with Crippen LogP contribution in [-0.4, -0.2) is 137 Å². The van der Waals surface area contributed by atoms with Crippen LogP contribution in [0.5, 0.6) is 0 Å². The largest absolute Gasteiger partial charge is 0.477 e. The zero-order chi connectivity index (χ0) is 93.6. The van der Waals surface area contributed by atoms with Crippen LogP contribution < -0.4 is 19.6 Å². The lowest BCUT2D eigenvalue weighted by Gasteiger charge is -2.35. The van der Waals surface area contributed by atoms with E-state index < -0.39 is 47.8 Å². The molecule has 20 nitrogen and oxygen atoms in total. The predicted octanol–water partition coefficient (Wildman–Crippen LogP) is 21.5. The molecule has 8 aromatic rings. The first kappa shape index (κ1) is 101. The average Bonchev–Trinajstić information content (AvgIpc) is 1.71. The number of anilines is 4. The molecule has 4 saturated carbocycles. The Morgan fingerprint density at radius 1 is 0.331 bits per heavy atom. The normalized spacial score (nSPS) is 18.6. The lowest BCUT2D eigenvalue weighted by molar-refractivity contribution is 0.0691. The van der Waals surface area contributed by atoms with Crippen LogP contribution in [0.25, 0.3) is 0 Å². The van der Waals surface area contributed by atoms with Crippen LogP contribution >= 0.6 is 56.9 Å². The quantitative estimate of drug-likeness (QED) is 0.0417. The molecular formula is C101H116ClFN4O16S4. The summed E-state index contributed by atoms with van der Waals surface area (Å²) in [7, 11) is 0. The second-order valence-electron chi connectivity index (χ2n) is 37.2. The number of carboxylic acids is 4. The summed E-state index contributed by atoms with van der Waals surface area (Å²) < 4.78 is 14.7. The van der Waals surface area contributed by atoms with E-state index in [-0.39, 0.29) is 107 Å². The van der Waals surface area contributed by atoms with Gasteiger partial charge in [0.25, 0.3) is 23.6 Å². The third-order valence-electron chi connectivity index (χ3n) is 21.7. The third kappa shape index (κ3) is 28.1. The summed E-state index contributed by atoms with van der Waals surface area (Å²) in [5.74, 6) is 18.4. The maximum Gasteiger partial charge on any atom is 0.348 e. The van der Waals surface area contributed by atoms with Crippen LogP contribution in [0.15, 0.2) is 103 Å². The van der Waals surface area contributed by atoms with Crippen molar-refractivity contribution in [2.75, 3.05) is 19.6 Å². The molecule has 4 fully saturated rings. The highest BCUT2D eigenvalue weighted by Crippen LogP contribution is 2.43. The first-order valence-corrected chi connectivity index (χ1v) is 46.4. The summed E-state index contributed by atoms with van der Waals surface area (Å²) in [5, 5.41) is 79.9. The van der Waals surface area contributed by atoms with Gasteiger partial charge in [-0.15, -0.1) is 45.3 Å². The van der Waals surface area contributed by atoms with E-state index in [4.69, 9.17) is 11.6 Å². The van der Waals surface area contributed by atoms with Gasteiger partial charge in [-0.3, -0.25) is 19.2 Å². The molecule has 0 atom stereocenters. The van der Waals surface area contributed by atoms with Crippen molar-refractivity contribution in [1.29, 1.82) is 0 Å². The van der Waals surface area contributed by atoms with Crippen LogP contribution in [0.2, 0.25) is 5.02 Å². The zero-order valence-electron chi connectivity index (χ0n) is 75.3. The van der Waals surface area contributed by atoms with Gasteiger partial charge in [-0.05, 0) is 322 Å². The smallest absolute Gasteiger partial charge is 0.348 e. The molecule has 4 aromatic heterocycles. The Morgan fingerprint density at radius 3 is 0.858 bits per heavy atom. The monoisotopic (exact) mass is 1820 g/mol. The first-order chi connectivity index (χ1) is 59.4. The van der Waals surface area contributed by atoms with Crippen molar-refractivity contribution >= 4 is 127 Å². The standard InChI is InChI=1S/C26H31NO4S.C25H28ClNO4S.C25H28FNO4S.C25H29NO4S/c1-16-6-7-18(14-17(16)2)24(29)27(19-8-10-20(28)11-9-19)22-15-21(12-13-26(3,4)5)32-23(22)25(30)31;1-15-13-16(5-10-20(15)26)23(29)27(17-6-8-18(28)9-7-17)21-14-19(11-12-25(2,3)4)32-22(21)24(30)31;1-15-5-10-19(20(26)13-15)23(29)27(16-6-8-17(28)9-7-16)21-14-18(11-12-25(2,3)4)32-22(21)24(30)31;1-16-5-7-17(8-6-16)23(28)26(18-9-11-19(27)12-10-18)21-15-20(13-14-25(2,3)4)31-22(21)24(29)30/h6-7,14-15,19-20,28H,8-11H2,1-5H3,(H,30,31);5,10,13-14,17-18,28H,6-9H2,1-4H3,(H,30,31);5,10,13-14,16-17,28H,6-9H2,1-4H3,(H,30,31);5-8,15,18-19,27H,9-12H2,1-4H3,(H,29,30). The lowest BCUT2D eigenvalue weighted by atomic mass is 9.91. The fourth-order valence-corrected chi connectivity index (χ4v) is 18.4. The molecule has 0 radical (unpaired) electrons. The van der Waals surface area contributed by atoms with E-state index in [1.165, 1.54) is 17.0 Å². The number of halogens is 2. The Balaban J connectivity index is 0.000000191. The van der Waals surface area contributed by atoms with Gasteiger partial charge in [0.05, 0.1) is 72.2 Å². The number of carbonyl (C=O) groups excluding carboxylic acids is 4. The molecule has 0 saturated heterocycles. The van der Waals surface area contributed by atoms with Crippen molar-refractivity contribution in [2.45, 2.75) is 269 Å². The Morgan fingerprint density at radius 2 is 0.591 bits per heavy atom. The van der Waals surface area contributed by atoms with Gasteiger partial charge >= 0.3 is 23.9 Å². The van der Waals surface area contributed by atoms with E-state index in [9.17, 15) is 83.6 Å². The van der Waals surface area contributed by atoms with E-state index >= 15 is 0 Å². The summed E-state index contributed by atoms with van der Waals surface area (Å²) in [5.41, 5.74) is 6.43. The molecule has 0 unspecified atom stereocenters. The van der Waals surface area contributed by atoms with Gasteiger partial charge in [0.15, 0.2) is 0 Å². The van der Waals surface area contributed by atoms with Crippen LogP contribution in [0.1, 0.15) is 313 Å². The van der Waals surface area contributed by atoms with E-state index in [0.717, 1.165) is 67.6 Å². The highest BCUT2D eigenvalue weighted by atomic mass is 35.5. The van der Waals surface area contributed by atoms with Crippen LogP contribution in [0, 0.1) is 109 Å². The van der Waals surface area contributed by atoms with Crippen molar-refractivity contribution in [3.63, 3.8) is 0 Å². The van der Waals surface area contributed by atoms with Crippen LogP contribution in [0.3, 0.4) is 0 Å². The Labute approximate surface area is 766 Å². The van der Waals surface area contributed by atoms with Crippen molar-refractivity contribution in [3.05, 3.63) is 203 Å². The Kier molecular flexibility index (Phi) is 34.2. The second-order valence-corrected chi connectivity index (χ2v) is 41.8. The number of hydrogen-bond acceptors (Lipinski definition) is 16. The summed E-state index contributed by atoms with van der Waals surface area (Å²) in [6, 6.07) is 28.2. The maximum absolute atomic E-state index is 14.7. The maximum atomic E-state index is 14.7. The molecule has 127 heavy (non-hydrogen) atoms. The lowest BCUT2D eigenvalue weighted by Crippen LogP contribution is -2.44. The molecule has 4 amide bonds. The van der Waals surface area contributed by atoms with Gasteiger partial charge in [-0.25, -0.2) is 23.6 Å². The van der Waals surface area contributed by atoms with Crippen LogP contribution in [-0.2, 0) is 0 Å². The van der Waals surface area contributed by atoms with Crippen molar-refractivity contribution in [2.24, 2.45) is 21.7 Å². The average molecular weight is 1820 g/mol. The first-order valence-electron chi connectivity index (χ1n) is 42.8. The number of aromatic carboxylic acids is 4. The van der Waals surface area contributed by atoms with Gasteiger partial charge in [-0.1, -0.05) is 88.8 Å². The minimum Gasteiger partial charge on any atom is -0.477 e. The number of carboxylic acid groups (broad SMARTS) is 4. The van der Waals surface area contributed by atoms with Crippen LogP contribution in [0.4, 0.5) is 27.1 Å². The van der Waals surface area contributed by atoms with Crippen molar-refractivity contribution < 1.29 is 83.6 Å². The topological polar surface area (TPSA) is 311 Å². The Bertz CT molecular complexity index is 5460. The number of carbonyl (C=O) groups is 8. The molecular weight excluding hydrogens is 1710 g/mol. The number of nitrogens with zero attached hydrogens (tertiary/aromatic N) is 4. The third-order valence-corrected chi connectivity index (χ3v) is 26.3. The number of hydrogen-bond donors (Lipinski definition) is 8. The van der Waals surface area contributed by atoms with Gasteiger partial charge in [0.1, 0.15) is 25.3 Å². The molecule has 0 aliphatic heterocycles. The molecule has 8 N–H and O–H groups in total. The summed E-state index contributed by atoms with van der Waals surface area (Å²) >= 11 is 10.4. The number of aliphatic hydroxyl groups is 4. The number of thiophene rings is 4. The molecule has 12 rings (SSSR count). The number of amides is 4. The molecule has 4 aliphatic carbocycles. The van der Waals surface area contributed by atoms with E-state index in [1.54, 1.807) is 88.4 Å². The van der Waals surface area contributed by atoms with Gasteiger partial charge in [0, 0.05) is 67.5 Å². The second kappa shape index (κ2) is 43.2. The van der Waals surface area contributed by atoms with Gasteiger partial charge < -0.3 is 60.5 Å². The van der Waals surface area contributed by atoms with E-state index in [0.29, 0.717) is 167 Å². The zero-order valence-corrected chi connectivity index (χ0v) is 79.3. The van der Waals surface area contributed by atoms with Gasteiger partial charge in [0.2, 0.25) is 0 Å². The predicted molar refractivity (Wildman–Crippen MR) is 505 cm³/mol. The summed E-state index contributed by atoms with van der Waals surface area (Å²) in [6.45, 7) is 33.3. The molecule has 674 valence electrons. The molecule has 26 heteroatoms. The molecule has 4 aliphatic rings. The van der Waals surface area contributed by atoms with Crippen molar-refractivity contribution in [1.82, 2.24) is 0 Å². The summed E-state index contributed by atoms with van der Waals surface area (Å²) in [6.07, 6.45) is 7.55. The van der Waals surface area contributed by atoms with E-state index in [1.807, 2.05) is 135 Å². The van der Waals surface area contributed by atoms with E-state index in [2.05, 4.69) is 47.4 Å².